The third-order valence-corrected chi connectivity index (χ3v) is 1.67. The van der Waals surface area contributed by atoms with Crippen LogP contribution >= 0.6 is 0 Å². The van der Waals surface area contributed by atoms with Gasteiger partial charge in [-0.3, -0.25) is 4.72 Å². The number of pyridine rings is 1. The van der Waals surface area contributed by atoms with Crippen LogP contribution in [0.2, 0.25) is 0 Å². The van der Waals surface area contributed by atoms with Crippen molar-refractivity contribution in [3.63, 3.8) is 0 Å². The Morgan fingerprint density at radius 2 is 2.14 bits per heavy atom. The number of nitrogens with zero attached hydrogens (tertiary/aromatic N) is 1. The van der Waals surface area contributed by atoms with E-state index in [-0.39, 0.29) is 35.2 Å². The molecule has 0 atom stereocenters. The summed E-state index contributed by atoms with van der Waals surface area (Å²) >= 11 is 0. The summed E-state index contributed by atoms with van der Waals surface area (Å²) in [5, 5.41) is 0. The first-order chi connectivity index (χ1) is 6.01. The van der Waals surface area contributed by atoms with Gasteiger partial charge < -0.3 is 9.29 Å². The van der Waals surface area contributed by atoms with E-state index in [1.54, 1.807) is 4.72 Å². The maximum Gasteiger partial charge on any atom is 1.00 e. The average Bonchev–Trinajstić information content (AvgIpc) is 2.03. The fraction of sp³-hybridized carbons (Fsp3) is 0.167. The smallest absolute Gasteiger partial charge is 0.731 e. The van der Waals surface area contributed by atoms with Gasteiger partial charge in [0.05, 0.1) is 19.0 Å². The van der Waals surface area contributed by atoms with Gasteiger partial charge in [-0.05, 0) is 6.07 Å². The van der Waals surface area contributed by atoms with E-state index in [1.807, 2.05) is 0 Å². The SMILES string of the molecule is COc1ccc(NS(=O)(=O)[O-])cn1.[Na+]. The van der Waals surface area contributed by atoms with Crippen molar-refractivity contribution in [1.82, 2.24) is 4.98 Å². The van der Waals surface area contributed by atoms with Crippen LogP contribution in [0.25, 0.3) is 0 Å². The van der Waals surface area contributed by atoms with Crippen LogP contribution in [0.5, 0.6) is 5.88 Å². The second kappa shape index (κ2) is 5.52. The minimum absolute atomic E-state index is 0. The molecule has 8 heteroatoms. The van der Waals surface area contributed by atoms with Crippen molar-refractivity contribution in [3.8, 4) is 5.88 Å². The van der Waals surface area contributed by atoms with Crippen molar-refractivity contribution in [3.05, 3.63) is 18.3 Å². The van der Waals surface area contributed by atoms with E-state index in [2.05, 4.69) is 4.98 Å². The maximum absolute atomic E-state index is 10.2. The van der Waals surface area contributed by atoms with Gasteiger partial charge >= 0.3 is 29.6 Å². The molecule has 0 aliphatic rings. The zero-order chi connectivity index (χ0) is 9.90. The van der Waals surface area contributed by atoms with Crippen LogP contribution in [0.4, 0.5) is 5.69 Å². The van der Waals surface area contributed by atoms with Crippen molar-refractivity contribution in [1.29, 1.82) is 0 Å². The third-order valence-electron chi connectivity index (χ3n) is 1.19. The van der Waals surface area contributed by atoms with Crippen LogP contribution in [0.1, 0.15) is 0 Å². The van der Waals surface area contributed by atoms with Gasteiger partial charge in [0.25, 0.3) is 0 Å². The molecule has 72 valence electrons. The molecule has 1 rings (SSSR count). The normalized spacial score (nSPS) is 10.1. The fourth-order valence-corrected chi connectivity index (χ4v) is 1.12. The molecule has 0 aliphatic carbocycles. The van der Waals surface area contributed by atoms with Gasteiger partial charge in [-0.15, -0.1) is 0 Å². The van der Waals surface area contributed by atoms with Crippen molar-refractivity contribution >= 4 is 16.0 Å². The summed E-state index contributed by atoms with van der Waals surface area (Å²) in [6, 6.07) is 2.81. The molecule has 1 aromatic heterocycles. The van der Waals surface area contributed by atoms with Crippen LogP contribution in [-0.4, -0.2) is 25.1 Å². The zero-order valence-electron chi connectivity index (χ0n) is 7.72. The molecule has 6 nitrogen and oxygen atoms in total. The van der Waals surface area contributed by atoms with E-state index in [1.165, 1.54) is 25.4 Å². The molecule has 0 bridgehead atoms. The summed E-state index contributed by atoms with van der Waals surface area (Å²) in [6.45, 7) is 0. The Bertz CT molecular complexity index is 377. The molecule has 0 amide bonds. The molecule has 0 unspecified atom stereocenters. The molecule has 0 spiro atoms. The monoisotopic (exact) mass is 226 g/mol. The number of aromatic nitrogens is 1. The Kier molecular flexibility index (Phi) is 5.38. The predicted octanol–water partition coefficient (Wildman–Crippen LogP) is -3.03. The Labute approximate surface area is 104 Å². The van der Waals surface area contributed by atoms with Gasteiger partial charge in [-0.2, -0.15) is 0 Å². The Balaban J connectivity index is 0.00000169. The molecule has 14 heavy (non-hydrogen) atoms. The van der Waals surface area contributed by atoms with Gasteiger partial charge in [0.2, 0.25) is 5.88 Å². The molecule has 0 fully saturated rings. The molecule has 1 aromatic rings. The topological polar surface area (TPSA) is 91.3 Å². The quantitative estimate of drug-likeness (QED) is 0.437. The fourth-order valence-electron chi connectivity index (χ4n) is 0.706. The van der Waals surface area contributed by atoms with Gasteiger partial charge in [0.15, 0.2) is 10.3 Å². The summed E-state index contributed by atoms with van der Waals surface area (Å²) in [5.41, 5.74) is 0.107. The van der Waals surface area contributed by atoms with E-state index in [0.29, 0.717) is 5.88 Å². The Morgan fingerprint density at radius 1 is 1.50 bits per heavy atom. The second-order valence-corrected chi connectivity index (χ2v) is 3.26. The number of ether oxygens (including phenoxy) is 1. The van der Waals surface area contributed by atoms with E-state index >= 15 is 0 Å². The maximum atomic E-state index is 10.2. The van der Waals surface area contributed by atoms with Crippen molar-refractivity contribution in [2.45, 2.75) is 0 Å². The van der Waals surface area contributed by atoms with E-state index in [4.69, 9.17) is 4.74 Å². The molecule has 1 N–H and O–H groups in total. The molecular weight excluding hydrogens is 219 g/mol. The number of hydrogen-bond donors (Lipinski definition) is 1. The first-order valence-electron chi connectivity index (χ1n) is 3.25. The standard InChI is InChI=1S/C6H8N2O4S.Na/c1-12-6-3-2-5(4-7-6)8-13(9,10)11;/h2-4,8H,1H3,(H,9,10,11);/q;+1/p-1. The van der Waals surface area contributed by atoms with E-state index in [0.717, 1.165) is 0 Å². The first-order valence-corrected chi connectivity index (χ1v) is 4.66. The van der Waals surface area contributed by atoms with E-state index in [9.17, 15) is 13.0 Å². The minimum Gasteiger partial charge on any atom is -0.731 e. The number of anilines is 1. The van der Waals surface area contributed by atoms with Crippen LogP contribution in [0.15, 0.2) is 18.3 Å². The number of rotatable bonds is 3. The van der Waals surface area contributed by atoms with Crippen molar-refractivity contribution in [2.75, 3.05) is 11.8 Å². The molecule has 0 radical (unpaired) electrons. The third kappa shape index (κ3) is 4.77. The summed E-state index contributed by atoms with van der Waals surface area (Å²) < 4.78 is 37.2. The van der Waals surface area contributed by atoms with Crippen LogP contribution < -0.4 is 39.0 Å². The minimum atomic E-state index is -4.48. The van der Waals surface area contributed by atoms with E-state index < -0.39 is 10.3 Å². The molecule has 1 heterocycles. The molecule has 0 aromatic carbocycles. The number of hydrogen-bond acceptors (Lipinski definition) is 5. The predicted molar refractivity (Wildman–Crippen MR) is 44.1 cm³/mol. The van der Waals surface area contributed by atoms with Gasteiger partial charge in [-0.1, -0.05) is 0 Å². The largest absolute Gasteiger partial charge is 1.00 e. The number of nitrogens with one attached hydrogen (secondary N) is 1. The summed E-state index contributed by atoms with van der Waals surface area (Å²) in [6.07, 6.45) is 1.19. The van der Waals surface area contributed by atoms with Crippen molar-refractivity contribution in [2.24, 2.45) is 0 Å². The first kappa shape index (κ1) is 13.7. The average molecular weight is 226 g/mol. The van der Waals surface area contributed by atoms with Gasteiger partial charge in [0, 0.05) is 6.07 Å². The Morgan fingerprint density at radius 3 is 2.50 bits per heavy atom. The van der Waals surface area contributed by atoms with Gasteiger partial charge in [0.1, 0.15) is 0 Å². The summed E-state index contributed by atoms with van der Waals surface area (Å²) in [4.78, 5) is 3.69. The van der Waals surface area contributed by atoms with Crippen LogP contribution in [0.3, 0.4) is 0 Å². The summed E-state index contributed by atoms with van der Waals surface area (Å²) in [5.74, 6) is 0.342. The van der Waals surface area contributed by atoms with Crippen LogP contribution in [0, 0.1) is 0 Å². The molecule has 0 aliphatic heterocycles. The zero-order valence-corrected chi connectivity index (χ0v) is 10.5. The number of methoxy groups -OCH3 is 1. The summed E-state index contributed by atoms with van der Waals surface area (Å²) in [7, 11) is -3.05. The molecular formula is C6H7N2NaO4S. The van der Waals surface area contributed by atoms with Crippen LogP contribution in [-0.2, 0) is 10.3 Å². The molecule has 0 saturated heterocycles. The van der Waals surface area contributed by atoms with Crippen molar-refractivity contribution < 1.29 is 47.3 Å². The Hall–Kier alpha value is -0.340. The molecule has 0 saturated carbocycles. The second-order valence-electron chi connectivity index (χ2n) is 2.15. The van der Waals surface area contributed by atoms with Gasteiger partial charge in [-0.25, -0.2) is 13.4 Å².